The molecule has 0 N–H and O–H groups in total. The summed E-state index contributed by atoms with van der Waals surface area (Å²) < 4.78 is 24.9. The van der Waals surface area contributed by atoms with Crippen molar-refractivity contribution in [3.63, 3.8) is 0 Å². The average molecular weight is 365 g/mol. The van der Waals surface area contributed by atoms with E-state index < -0.39 is 5.82 Å². The van der Waals surface area contributed by atoms with Gasteiger partial charge in [-0.15, -0.1) is 0 Å². The maximum absolute atomic E-state index is 13.9. The van der Waals surface area contributed by atoms with E-state index in [9.17, 15) is 4.39 Å². The summed E-state index contributed by atoms with van der Waals surface area (Å²) in [7, 11) is 0. The highest BCUT2D eigenvalue weighted by molar-refractivity contribution is 5.79. The number of halogens is 1. The molecule has 3 aromatic carbocycles. The molecule has 0 saturated carbocycles. The predicted octanol–water partition coefficient (Wildman–Crippen LogP) is 5.57. The van der Waals surface area contributed by atoms with E-state index in [-0.39, 0.29) is 12.4 Å². The lowest BCUT2D eigenvalue weighted by Gasteiger charge is -2.08. The summed E-state index contributed by atoms with van der Waals surface area (Å²) >= 11 is 0. The van der Waals surface area contributed by atoms with Crippen molar-refractivity contribution >= 4 is 6.21 Å². The second-order valence-electron chi connectivity index (χ2n) is 5.69. The molecule has 0 atom stereocenters. The van der Waals surface area contributed by atoms with E-state index in [4.69, 9.17) is 14.3 Å². The molecule has 0 spiro atoms. The van der Waals surface area contributed by atoms with E-state index in [0.717, 1.165) is 16.9 Å². The van der Waals surface area contributed by atoms with E-state index in [1.165, 1.54) is 6.07 Å². The van der Waals surface area contributed by atoms with Crippen molar-refractivity contribution in [2.45, 2.75) is 13.5 Å². The van der Waals surface area contributed by atoms with Crippen LogP contribution in [0.2, 0.25) is 0 Å². The van der Waals surface area contributed by atoms with E-state index in [2.05, 4.69) is 5.16 Å². The van der Waals surface area contributed by atoms with Crippen molar-refractivity contribution in [3.05, 3.63) is 89.7 Å². The van der Waals surface area contributed by atoms with Crippen LogP contribution in [0.3, 0.4) is 0 Å². The molecule has 0 aromatic heterocycles. The van der Waals surface area contributed by atoms with Crippen molar-refractivity contribution in [1.29, 1.82) is 0 Å². The fourth-order valence-electron chi connectivity index (χ4n) is 2.36. The summed E-state index contributed by atoms with van der Waals surface area (Å²) in [4.78, 5) is 5.31. The van der Waals surface area contributed by atoms with Crippen molar-refractivity contribution in [1.82, 2.24) is 0 Å². The van der Waals surface area contributed by atoms with E-state index in [1.807, 2.05) is 49.4 Å². The molecule has 0 heterocycles. The van der Waals surface area contributed by atoms with Crippen LogP contribution in [0.25, 0.3) is 0 Å². The molecule has 0 aliphatic rings. The molecular formula is C22H20FNO3. The quantitative estimate of drug-likeness (QED) is 0.387. The van der Waals surface area contributed by atoms with Gasteiger partial charge in [-0.05, 0) is 66.6 Å². The number of para-hydroxylation sites is 1. The molecule has 0 bridgehead atoms. The number of hydrogen-bond donors (Lipinski definition) is 0. The van der Waals surface area contributed by atoms with Gasteiger partial charge in [0.05, 0.1) is 12.8 Å². The molecule has 5 heteroatoms. The molecule has 3 aromatic rings. The molecule has 0 fully saturated rings. The maximum atomic E-state index is 13.9. The summed E-state index contributed by atoms with van der Waals surface area (Å²) in [6, 6.07) is 21.2. The lowest BCUT2D eigenvalue weighted by molar-refractivity contribution is 0.132. The van der Waals surface area contributed by atoms with Crippen LogP contribution in [0.15, 0.2) is 78.0 Å². The third kappa shape index (κ3) is 5.57. The molecule has 0 aliphatic heterocycles. The average Bonchev–Trinajstić information content (AvgIpc) is 2.70. The van der Waals surface area contributed by atoms with Gasteiger partial charge in [0.2, 0.25) is 0 Å². The lowest BCUT2D eigenvalue weighted by Crippen LogP contribution is -1.93. The van der Waals surface area contributed by atoms with Gasteiger partial charge in [0.25, 0.3) is 0 Å². The van der Waals surface area contributed by atoms with Crippen LogP contribution < -0.4 is 9.47 Å². The van der Waals surface area contributed by atoms with Crippen LogP contribution in [0.1, 0.15) is 18.1 Å². The molecule has 3 rings (SSSR count). The highest BCUT2D eigenvalue weighted by Crippen LogP contribution is 2.25. The van der Waals surface area contributed by atoms with Crippen molar-refractivity contribution in [2.24, 2.45) is 5.16 Å². The summed E-state index contributed by atoms with van der Waals surface area (Å²) in [5.41, 5.74) is 1.65. The summed E-state index contributed by atoms with van der Waals surface area (Å²) in [6.45, 7) is 2.78. The minimum atomic E-state index is -0.430. The Hall–Kier alpha value is -3.34. The van der Waals surface area contributed by atoms with Gasteiger partial charge in [-0.25, -0.2) is 4.39 Å². The SMILES string of the molecule is CCOc1ccc(C=NOCc2ccc(F)c(Oc3ccccc3)c2)cc1. The van der Waals surface area contributed by atoms with Crippen LogP contribution in [0, 0.1) is 5.82 Å². The molecule has 0 radical (unpaired) electrons. The van der Waals surface area contributed by atoms with E-state index >= 15 is 0 Å². The standard InChI is InChI=1S/C22H20FNO3/c1-2-25-19-11-8-17(9-12-19)15-24-26-16-18-10-13-21(23)22(14-18)27-20-6-4-3-5-7-20/h3-15H,2,16H2,1H3. The first-order valence-corrected chi connectivity index (χ1v) is 8.64. The molecule has 0 unspecified atom stereocenters. The van der Waals surface area contributed by atoms with Crippen LogP contribution in [0.5, 0.6) is 17.2 Å². The summed E-state index contributed by atoms with van der Waals surface area (Å²) in [6.07, 6.45) is 1.61. The second-order valence-corrected chi connectivity index (χ2v) is 5.69. The summed E-state index contributed by atoms with van der Waals surface area (Å²) in [5, 5.41) is 3.95. The topological polar surface area (TPSA) is 40.0 Å². The fourth-order valence-corrected chi connectivity index (χ4v) is 2.36. The highest BCUT2D eigenvalue weighted by atomic mass is 19.1. The molecule has 0 aliphatic carbocycles. The predicted molar refractivity (Wildman–Crippen MR) is 103 cm³/mol. The minimum absolute atomic E-state index is 0.151. The van der Waals surface area contributed by atoms with Crippen LogP contribution in [-0.2, 0) is 11.4 Å². The zero-order valence-corrected chi connectivity index (χ0v) is 15.0. The molecular weight excluding hydrogens is 345 g/mol. The molecule has 0 saturated heterocycles. The number of rotatable bonds is 8. The summed E-state index contributed by atoms with van der Waals surface area (Å²) in [5.74, 6) is 1.11. The van der Waals surface area contributed by atoms with E-state index in [0.29, 0.717) is 12.4 Å². The van der Waals surface area contributed by atoms with Crippen molar-refractivity contribution < 1.29 is 18.7 Å². The Morgan fingerprint density at radius 2 is 1.70 bits per heavy atom. The third-order valence-electron chi connectivity index (χ3n) is 3.67. The van der Waals surface area contributed by atoms with Gasteiger partial charge < -0.3 is 14.3 Å². The lowest BCUT2D eigenvalue weighted by atomic mass is 10.2. The van der Waals surface area contributed by atoms with Crippen LogP contribution in [-0.4, -0.2) is 12.8 Å². The largest absolute Gasteiger partial charge is 0.494 e. The molecule has 138 valence electrons. The Balaban J connectivity index is 1.57. The van der Waals surface area contributed by atoms with Crippen molar-refractivity contribution in [3.8, 4) is 17.2 Å². The minimum Gasteiger partial charge on any atom is -0.494 e. The number of oxime groups is 1. The van der Waals surface area contributed by atoms with Gasteiger partial charge in [0.15, 0.2) is 11.6 Å². The number of hydrogen-bond acceptors (Lipinski definition) is 4. The first-order chi connectivity index (χ1) is 13.2. The molecule has 4 nitrogen and oxygen atoms in total. The van der Waals surface area contributed by atoms with Gasteiger partial charge in [-0.2, -0.15) is 0 Å². The van der Waals surface area contributed by atoms with Crippen molar-refractivity contribution in [2.75, 3.05) is 6.61 Å². The maximum Gasteiger partial charge on any atom is 0.165 e. The Bertz CT molecular complexity index is 880. The van der Waals surface area contributed by atoms with Crippen LogP contribution >= 0.6 is 0 Å². The van der Waals surface area contributed by atoms with Crippen LogP contribution in [0.4, 0.5) is 4.39 Å². The number of nitrogens with zero attached hydrogens (tertiary/aromatic N) is 1. The Morgan fingerprint density at radius 1 is 0.926 bits per heavy atom. The Labute approximate surface area is 157 Å². The first kappa shape index (κ1) is 18.5. The first-order valence-electron chi connectivity index (χ1n) is 8.64. The second kappa shape index (κ2) is 9.38. The number of ether oxygens (including phenoxy) is 2. The number of benzene rings is 3. The Morgan fingerprint density at radius 3 is 2.44 bits per heavy atom. The van der Waals surface area contributed by atoms with Gasteiger partial charge >= 0.3 is 0 Å². The Kier molecular flexibility index (Phi) is 6.41. The molecule has 0 amide bonds. The van der Waals surface area contributed by atoms with Gasteiger partial charge in [0, 0.05) is 0 Å². The highest BCUT2D eigenvalue weighted by Gasteiger charge is 2.06. The zero-order valence-electron chi connectivity index (χ0n) is 15.0. The monoisotopic (exact) mass is 365 g/mol. The van der Waals surface area contributed by atoms with Gasteiger partial charge in [0.1, 0.15) is 18.1 Å². The normalized spacial score (nSPS) is 10.7. The fraction of sp³-hybridized carbons (Fsp3) is 0.136. The van der Waals surface area contributed by atoms with E-state index in [1.54, 1.807) is 30.5 Å². The smallest absolute Gasteiger partial charge is 0.165 e. The zero-order chi connectivity index (χ0) is 18.9. The third-order valence-corrected chi connectivity index (χ3v) is 3.67. The van der Waals surface area contributed by atoms with Gasteiger partial charge in [-0.1, -0.05) is 29.4 Å². The molecule has 27 heavy (non-hydrogen) atoms. The van der Waals surface area contributed by atoms with Gasteiger partial charge in [-0.3, -0.25) is 0 Å².